The van der Waals surface area contributed by atoms with Crippen LogP contribution in [0.3, 0.4) is 0 Å². The molecule has 3 aromatic rings. The molecule has 2 aliphatic rings. The summed E-state index contributed by atoms with van der Waals surface area (Å²) in [5.74, 6) is 1.30. The summed E-state index contributed by atoms with van der Waals surface area (Å²) in [6, 6.07) is 10.3. The summed E-state index contributed by atoms with van der Waals surface area (Å²) in [7, 11) is 1.66. The minimum Gasteiger partial charge on any atom is -0.496 e. The predicted octanol–water partition coefficient (Wildman–Crippen LogP) is 3.15. The maximum Gasteiger partial charge on any atom is 0.257 e. The monoisotopic (exact) mass is 525 g/mol. The lowest BCUT2D eigenvalue weighted by molar-refractivity contribution is -0.114. The number of ether oxygens (including phenoxy) is 2. The molecule has 1 fully saturated rings. The lowest BCUT2D eigenvalue weighted by Crippen LogP contribution is -2.36. The van der Waals surface area contributed by atoms with E-state index in [1.165, 1.54) is 5.56 Å². The van der Waals surface area contributed by atoms with E-state index in [2.05, 4.69) is 61.6 Å². The maximum absolute atomic E-state index is 12.7. The second-order valence-electron chi connectivity index (χ2n) is 8.53. The molecule has 1 aromatic heterocycles. The van der Waals surface area contributed by atoms with Gasteiger partial charge in [0.25, 0.3) is 5.91 Å². The molecule has 9 heteroatoms. The summed E-state index contributed by atoms with van der Waals surface area (Å²) in [5.41, 5.74) is 6.68. The summed E-state index contributed by atoms with van der Waals surface area (Å²) < 4.78 is 11.7. The van der Waals surface area contributed by atoms with Crippen LogP contribution in [0.4, 0.5) is 5.69 Å². The minimum absolute atomic E-state index is 0.111. The van der Waals surface area contributed by atoms with E-state index >= 15 is 0 Å². The number of hydrogen-bond donors (Lipinski definition) is 3. The topological polar surface area (TPSA) is 91.5 Å². The summed E-state index contributed by atoms with van der Waals surface area (Å²) in [5, 5.41) is 6.38. The van der Waals surface area contributed by atoms with Gasteiger partial charge in [-0.25, -0.2) is 4.98 Å². The van der Waals surface area contributed by atoms with Gasteiger partial charge in [0.15, 0.2) is 0 Å². The van der Waals surface area contributed by atoms with E-state index in [1.54, 1.807) is 7.11 Å². The molecule has 1 saturated heterocycles. The first-order chi connectivity index (χ1) is 16.5. The molecule has 0 radical (unpaired) electrons. The van der Waals surface area contributed by atoms with Crippen molar-refractivity contribution in [2.75, 3.05) is 51.4 Å². The van der Waals surface area contributed by atoms with Crippen LogP contribution in [0.15, 0.2) is 40.5 Å². The van der Waals surface area contributed by atoms with Crippen molar-refractivity contribution in [2.45, 2.75) is 13.3 Å². The van der Waals surface area contributed by atoms with E-state index in [0.717, 1.165) is 70.9 Å². The molecule has 0 spiro atoms. The van der Waals surface area contributed by atoms with Gasteiger partial charge in [-0.15, -0.1) is 0 Å². The number of amides is 1. The highest BCUT2D eigenvalue weighted by Crippen LogP contribution is 2.29. The van der Waals surface area contributed by atoms with Crippen LogP contribution in [0.1, 0.15) is 17.0 Å². The Morgan fingerprint density at radius 2 is 2.06 bits per heavy atom. The summed E-state index contributed by atoms with van der Waals surface area (Å²) in [6.07, 6.45) is 0.815. The summed E-state index contributed by atoms with van der Waals surface area (Å²) in [4.78, 5) is 23.2. The van der Waals surface area contributed by atoms with Gasteiger partial charge in [-0.3, -0.25) is 4.79 Å². The highest BCUT2D eigenvalue weighted by Gasteiger charge is 2.27. The van der Waals surface area contributed by atoms with Crippen molar-refractivity contribution in [3.05, 3.63) is 57.5 Å². The molecule has 0 unspecified atom stereocenters. The van der Waals surface area contributed by atoms with Gasteiger partial charge in [0, 0.05) is 31.0 Å². The molecular weight excluding hydrogens is 498 g/mol. The van der Waals surface area contributed by atoms with Gasteiger partial charge in [0.2, 0.25) is 0 Å². The van der Waals surface area contributed by atoms with Crippen LogP contribution in [-0.4, -0.2) is 62.4 Å². The number of anilines is 1. The van der Waals surface area contributed by atoms with Crippen LogP contribution in [0.25, 0.3) is 16.6 Å². The SMILES string of the molecule is COc1ccc(CCNC2=C(c3nc4c(C)cc(N5CCOCC5)cc4[nH]3)C(=O)NC2)cc1Br. The Bertz CT molecular complexity index is 1260. The number of fused-ring (bicyclic) bond motifs is 1. The first kappa shape index (κ1) is 22.7. The number of H-pyrrole nitrogens is 1. The van der Waals surface area contributed by atoms with Crippen molar-refractivity contribution in [2.24, 2.45) is 0 Å². The Labute approximate surface area is 206 Å². The molecule has 2 aliphatic heterocycles. The highest BCUT2D eigenvalue weighted by atomic mass is 79.9. The number of morpholine rings is 1. The predicted molar refractivity (Wildman–Crippen MR) is 136 cm³/mol. The standard InChI is InChI=1S/C25H28BrN5O3/c1-15-11-17(31-7-9-34-10-8-31)13-19-23(15)30-24(29-19)22-20(14-28-25(22)32)27-6-5-16-3-4-21(33-2)18(26)12-16/h3-4,11-13,27H,5-10,14H2,1-2H3,(H,28,32)(H,29,30). The second kappa shape index (κ2) is 9.68. The van der Waals surface area contributed by atoms with E-state index in [0.29, 0.717) is 24.5 Å². The number of benzene rings is 2. The fourth-order valence-corrected chi connectivity index (χ4v) is 5.09. The number of imidazole rings is 1. The lowest BCUT2D eigenvalue weighted by atomic mass is 10.1. The van der Waals surface area contributed by atoms with E-state index in [9.17, 15) is 4.79 Å². The molecule has 1 amide bonds. The van der Waals surface area contributed by atoms with Gasteiger partial charge >= 0.3 is 0 Å². The van der Waals surface area contributed by atoms with Crippen molar-refractivity contribution < 1.29 is 14.3 Å². The van der Waals surface area contributed by atoms with Crippen molar-refractivity contribution in [3.63, 3.8) is 0 Å². The number of carbonyl (C=O) groups is 1. The largest absolute Gasteiger partial charge is 0.496 e. The molecule has 0 aliphatic carbocycles. The van der Waals surface area contributed by atoms with Crippen LogP contribution < -0.4 is 20.3 Å². The van der Waals surface area contributed by atoms with E-state index in [1.807, 2.05) is 12.1 Å². The fraction of sp³-hybridized carbons (Fsp3) is 0.360. The second-order valence-corrected chi connectivity index (χ2v) is 9.38. The zero-order chi connectivity index (χ0) is 23.7. The van der Waals surface area contributed by atoms with Crippen molar-refractivity contribution in [1.82, 2.24) is 20.6 Å². The molecule has 0 atom stereocenters. The normalized spacial score (nSPS) is 16.3. The van der Waals surface area contributed by atoms with Crippen LogP contribution in [0, 0.1) is 6.92 Å². The number of rotatable bonds is 7. The Kier molecular flexibility index (Phi) is 6.47. The van der Waals surface area contributed by atoms with E-state index in [4.69, 9.17) is 14.5 Å². The number of methoxy groups -OCH3 is 1. The summed E-state index contributed by atoms with van der Waals surface area (Å²) in [6.45, 7) is 6.45. The smallest absolute Gasteiger partial charge is 0.257 e. The number of aryl methyl sites for hydroxylation is 1. The van der Waals surface area contributed by atoms with Crippen molar-refractivity contribution >= 4 is 44.1 Å². The molecule has 5 rings (SSSR count). The van der Waals surface area contributed by atoms with Gasteiger partial charge in [-0.05, 0) is 64.7 Å². The molecule has 0 saturated carbocycles. The Morgan fingerprint density at radius 3 is 2.82 bits per heavy atom. The highest BCUT2D eigenvalue weighted by molar-refractivity contribution is 9.10. The minimum atomic E-state index is -0.111. The maximum atomic E-state index is 12.7. The first-order valence-electron chi connectivity index (χ1n) is 11.4. The lowest BCUT2D eigenvalue weighted by Gasteiger charge is -2.29. The Balaban J connectivity index is 1.37. The quantitative estimate of drug-likeness (QED) is 0.438. The molecule has 8 nitrogen and oxygen atoms in total. The third kappa shape index (κ3) is 4.50. The van der Waals surface area contributed by atoms with Crippen LogP contribution >= 0.6 is 15.9 Å². The van der Waals surface area contributed by atoms with Crippen molar-refractivity contribution in [1.29, 1.82) is 0 Å². The zero-order valence-electron chi connectivity index (χ0n) is 19.3. The molecule has 2 aromatic carbocycles. The third-order valence-electron chi connectivity index (χ3n) is 6.30. The molecule has 3 N–H and O–H groups in total. The number of halogens is 1. The average Bonchev–Trinajstić information content (AvgIpc) is 3.43. The van der Waals surface area contributed by atoms with Crippen molar-refractivity contribution in [3.8, 4) is 5.75 Å². The van der Waals surface area contributed by atoms with Crippen LogP contribution in [-0.2, 0) is 16.0 Å². The van der Waals surface area contributed by atoms with Gasteiger partial charge in [0.05, 0.1) is 42.4 Å². The van der Waals surface area contributed by atoms with Crippen LogP contribution in [0.5, 0.6) is 5.75 Å². The van der Waals surface area contributed by atoms with E-state index < -0.39 is 0 Å². The number of hydrogen-bond acceptors (Lipinski definition) is 6. The number of carbonyl (C=O) groups excluding carboxylic acids is 1. The average molecular weight is 526 g/mol. The number of aromatic amines is 1. The fourth-order valence-electron chi connectivity index (χ4n) is 4.50. The summed E-state index contributed by atoms with van der Waals surface area (Å²) >= 11 is 3.54. The molecule has 178 valence electrons. The van der Waals surface area contributed by atoms with Crippen LogP contribution in [0.2, 0.25) is 0 Å². The van der Waals surface area contributed by atoms with Gasteiger partial charge in [0.1, 0.15) is 17.1 Å². The van der Waals surface area contributed by atoms with Gasteiger partial charge in [-0.1, -0.05) is 6.07 Å². The first-order valence-corrected chi connectivity index (χ1v) is 12.2. The van der Waals surface area contributed by atoms with Gasteiger partial charge in [-0.2, -0.15) is 0 Å². The number of aromatic nitrogens is 2. The Morgan fingerprint density at radius 1 is 1.24 bits per heavy atom. The molecule has 0 bridgehead atoms. The van der Waals surface area contributed by atoms with E-state index in [-0.39, 0.29) is 5.91 Å². The molecule has 34 heavy (non-hydrogen) atoms. The third-order valence-corrected chi connectivity index (χ3v) is 6.92. The number of nitrogens with zero attached hydrogens (tertiary/aromatic N) is 2. The molecule has 3 heterocycles. The number of nitrogens with one attached hydrogen (secondary N) is 3. The van der Waals surface area contributed by atoms with Gasteiger partial charge < -0.3 is 30.0 Å². The zero-order valence-corrected chi connectivity index (χ0v) is 20.9. The molecular formula is C25H28BrN5O3. The Hall–Kier alpha value is -3.04.